The summed E-state index contributed by atoms with van der Waals surface area (Å²) in [4.78, 5) is 10.2. The summed E-state index contributed by atoms with van der Waals surface area (Å²) in [5, 5.41) is 0. The third-order valence-corrected chi connectivity index (χ3v) is 3.05. The van der Waals surface area contributed by atoms with E-state index in [-0.39, 0.29) is 0 Å². The third-order valence-electron chi connectivity index (χ3n) is 3.05. The Morgan fingerprint density at radius 2 is 1.92 bits per heavy atom. The number of hydrogen-bond donors (Lipinski definition) is 0. The number of allylic oxidation sites excluding steroid dienone is 2. The number of rotatable bonds is 4. The molecule has 0 unspecified atom stereocenters. The van der Waals surface area contributed by atoms with E-state index in [1.54, 1.807) is 0 Å². The Balaban J connectivity index is 2.18. The fourth-order valence-electron chi connectivity index (χ4n) is 2.25. The summed E-state index contributed by atoms with van der Waals surface area (Å²) in [5.41, 5.74) is 0. The molecule has 0 radical (unpaired) electrons. The third kappa shape index (κ3) is 3.75. The van der Waals surface area contributed by atoms with E-state index >= 15 is 0 Å². The lowest BCUT2D eigenvalue weighted by atomic mass is 9.80. The largest absolute Gasteiger partial charge is 0.303 e. The van der Waals surface area contributed by atoms with Gasteiger partial charge in [0.25, 0.3) is 0 Å². The minimum Gasteiger partial charge on any atom is -0.303 e. The van der Waals surface area contributed by atoms with Crippen LogP contribution in [-0.4, -0.2) is 6.29 Å². The van der Waals surface area contributed by atoms with Crippen LogP contribution in [0.5, 0.6) is 0 Å². The molecule has 13 heavy (non-hydrogen) atoms. The van der Waals surface area contributed by atoms with Crippen LogP contribution in [-0.2, 0) is 4.79 Å². The second-order valence-electron chi connectivity index (χ2n) is 4.05. The summed E-state index contributed by atoms with van der Waals surface area (Å²) in [7, 11) is 0. The van der Waals surface area contributed by atoms with Crippen molar-refractivity contribution in [3.63, 3.8) is 0 Å². The molecule has 1 fully saturated rings. The van der Waals surface area contributed by atoms with Gasteiger partial charge in [-0.2, -0.15) is 0 Å². The highest BCUT2D eigenvalue weighted by atomic mass is 16.1. The number of carbonyl (C=O) groups is 1. The van der Waals surface area contributed by atoms with Crippen LogP contribution in [0.4, 0.5) is 0 Å². The average Bonchev–Trinajstić information content (AvgIpc) is 2.17. The van der Waals surface area contributed by atoms with Crippen LogP contribution in [0.15, 0.2) is 12.2 Å². The van der Waals surface area contributed by atoms with Crippen LogP contribution in [0, 0.1) is 11.8 Å². The highest BCUT2D eigenvalue weighted by molar-refractivity contribution is 5.49. The van der Waals surface area contributed by atoms with E-state index in [9.17, 15) is 4.79 Å². The van der Waals surface area contributed by atoms with Crippen LogP contribution >= 0.6 is 0 Å². The molecule has 74 valence electrons. The van der Waals surface area contributed by atoms with E-state index in [1.807, 2.05) is 0 Å². The fourth-order valence-corrected chi connectivity index (χ4v) is 2.25. The molecule has 1 aliphatic carbocycles. The quantitative estimate of drug-likeness (QED) is 0.479. The van der Waals surface area contributed by atoms with Crippen molar-refractivity contribution < 1.29 is 4.79 Å². The van der Waals surface area contributed by atoms with E-state index < -0.39 is 0 Å². The molecule has 0 heterocycles. The highest BCUT2D eigenvalue weighted by Crippen LogP contribution is 2.31. The molecule has 1 saturated carbocycles. The Morgan fingerprint density at radius 1 is 1.23 bits per heavy atom. The summed E-state index contributed by atoms with van der Waals surface area (Å²) in [6.07, 6.45) is 12.7. The van der Waals surface area contributed by atoms with Crippen molar-refractivity contribution in [2.45, 2.75) is 45.4 Å². The molecule has 0 aromatic heterocycles. The van der Waals surface area contributed by atoms with Gasteiger partial charge in [-0.05, 0) is 50.9 Å². The van der Waals surface area contributed by atoms with Crippen molar-refractivity contribution >= 4 is 6.29 Å². The maximum Gasteiger partial charge on any atom is 0.120 e. The molecule has 0 bridgehead atoms. The molecule has 0 N–H and O–H groups in total. The van der Waals surface area contributed by atoms with Gasteiger partial charge in [-0.15, -0.1) is 0 Å². The van der Waals surface area contributed by atoms with Gasteiger partial charge in [0.2, 0.25) is 0 Å². The Labute approximate surface area is 81.2 Å². The molecule has 1 aliphatic rings. The molecule has 0 atom stereocenters. The van der Waals surface area contributed by atoms with Gasteiger partial charge >= 0.3 is 0 Å². The SMILES string of the molecule is C/C=C/C1CCC(CCC=O)CC1. The first-order valence-corrected chi connectivity index (χ1v) is 5.43. The van der Waals surface area contributed by atoms with Gasteiger partial charge in [-0.25, -0.2) is 0 Å². The van der Waals surface area contributed by atoms with E-state index in [4.69, 9.17) is 0 Å². The maximum atomic E-state index is 10.2. The van der Waals surface area contributed by atoms with E-state index in [0.717, 1.165) is 31.0 Å². The first-order valence-electron chi connectivity index (χ1n) is 5.43. The predicted octanol–water partition coefficient (Wildman–Crippen LogP) is 3.35. The minimum atomic E-state index is 0.763. The second-order valence-corrected chi connectivity index (χ2v) is 4.05. The maximum absolute atomic E-state index is 10.2. The fraction of sp³-hybridized carbons (Fsp3) is 0.750. The summed E-state index contributed by atoms with van der Waals surface area (Å²) >= 11 is 0. The Morgan fingerprint density at radius 3 is 2.46 bits per heavy atom. The Bertz CT molecular complexity index is 164. The molecule has 1 nitrogen and oxygen atoms in total. The molecule has 0 saturated heterocycles. The zero-order valence-corrected chi connectivity index (χ0v) is 8.54. The number of aldehydes is 1. The molecule has 0 aliphatic heterocycles. The van der Waals surface area contributed by atoms with E-state index in [0.29, 0.717) is 0 Å². The lowest BCUT2D eigenvalue weighted by molar-refractivity contribution is -0.108. The van der Waals surface area contributed by atoms with E-state index in [1.165, 1.54) is 25.7 Å². The Kier molecular flexibility index (Phi) is 4.81. The first-order chi connectivity index (χ1) is 6.36. The van der Waals surface area contributed by atoms with Crippen molar-refractivity contribution in [1.29, 1.82) is 0 Å². The summed E-state index contributed by atoms with van der Waals surface area (Å²) < 4.78 is 0. The van der Waals surface area contributed by atoms with Crippen molar-refractivity contribution in [1.82, 2.24) is 0 Å². The van der Waals surface area contributed by atoms with Gasteiger partial charge < -0.3 is 4.79 Å². The first kappa shape index (κ1) is 10.5. The lowest BCUT2D eigenvalue weighted by Crippen LogP contribution is -2.13. The highest BCUT2D eigenvalue weighted by Gasteiger charge is 2.18. The molecule has 0 aromatic rings. The topological polar surface area (TPSA) is 17.1 Å². The normalized spacial score (nSPS) is 29.3. The van der Waals surface area contributed by atoms with Gasteiger partial charge in [0.1, 0.15) is 6.29 Å². The van der Waals surface area contributed by atoms with Crippen molar-refractivity contribution in [2.75, 3.05) is 0 Å². The number of carbonyl (C=O) groups excluding carboxylic acids is 1. The number of hydrogen-bond acceptors (Lipinski definition) is 1. The zero-order chi connectivity index (χ0) is 9.52. The molecule has 0 spiro atoms. The van der Waals surface area contributed by atoms with Crippen LogP contribution < -0.4 is 0 Å². The minimum absolute atomic E-state index is 0.763. The van der Waals surface area contributed by atoms with Gasteiger partial charge in [-0.3, -0.25) is 0 Å². The molecule has 1 rings (SSSR count). The summed E-state index contributed by atoms with van der Waals surface area (Å²) in [6, 6.07) is 0. The predicted molar refractivity (Wildman–Crippen MR) is 55.6 cm³/mol. The van der Waals surface area contributed by atoms with Gasteiger partial charge in [0.15, 0.2) is 0 Å². The molecular weight excluding hydrogens is 160 g/mol. The van der Waals surface area contributed by atoms with Gasteiger partial charge in [-0.1, -0.05) is 12.2 Å². The molecular formula is C12H20O. The van der Waals surface area contributed by atoms with Crippen LogP contribution in [0.3, 0.4) is 0 Å². The van der Waals surface area contributed by atoms with Gasteiger partial charge in [0.05, 0.1) is 0 Å². The monoisotopic (exact) mass is 180 g/mol. The Hall–Kier alpha value is -0.590. The van der Waals surface area contributed by atoms with Crippen LogP contribution in [0.1, 0.15) is 45.4 Å². The van der Waals surface area contributed by atoms with Crippen molar-refractivity contribution in [2.24, 2.45) is 11.8 Å². The van der Waals surface area contributed by atoms with Gasteiger partial charge in [0, 0.05) is 6.42 Å². The average molecular weight is 180 g/mol. The lowest BCUT2D eigenvalue weighted by Gasteiger charge is -2.26. The second kappa shape index (κ2) is 5.95. The van der Waals surface area contributed by atoms with Crippen LogP contribution in [0.25, 0.3) is 0 Å². The van der Waals surface area contributed by atoms with Crippen molar-refractivity contribution in [3.05, 3.63) is 12.2 Å². The molecule has 1 heteroatoms. The van der Waals surface area contributed by atoms with E-state index in [2.05, 4.69) is 19.1 Å². The van der Waals surface area contributed by atoms with Crippen molar-refractivity contribution in [3.8, 4) is 0 Å². The molecule has 0 amide bonds. The smallest absolute Gasteiger partial charge is 0.120 e. The summed E-state index contributed by atoms with van der Waals surface area (Å²) in [6.45, 7) is 2.10. The molecule has 0 aromatic carbocycles. The standard InChI is InChI=1S/C12H20O/c1-2-4-11-6-8-12(9-7-11)5-3-10-13/h2,4,10-12H,3,5-9H2,1H3/b4-2+. The zero-order valence-electron chi connectivity index (χ0n) is 8.54. The van der Waals surface area contributed by atoms with Crippen LogP contribution in [0.2, 0.25) is 0 Å². The summed E-state index contributed by atoms with van der Waals surface area (Å²) in [5.74, 6) is 1.64.